The van der Waals surface area contributed by atoms with Crippen molar-refractivity contribution in [1.29, 1.82) is 0 Å². The standard InChI is InChI=1S/C7H9NS3/c9-4-1-2-5-10-7-8-3-6-11-7/h1-3,6,9H,4-5H2. The third-order valence-electron chi connectivity index (χ3n) is 0.985. The van der Waals surface area contributed by atoms with Gasteiger partial charge < -0.3 is 0 Å². The Morgan fingerprint density at radius 3 is 3.18 bits per heavy atom. The molecule has 4 heteroatoms. The van der Waals surface area contributed by atoms with Gasteiger partial charge in [-0.2, -0.15) is 12.6 Å². The summed E-state index contributed by atoms with van der Waals surface area (Å²) in [4.78, 5) is 4.14. The molecule has 0 unspecified atom stereocenters. The number of nitrogens with zero attached hydrogens (tertiary/aromatic N) is 1. The van der Waals surface area contributed by atoms with E-state index in [0.29, 0.717) is 0 Å². The van der Waals surface area contributed by atoms with Gasteiger partial charge in [0.25, 0.3) is 0 Å². The zero-order valence-corrected chi connectivity index (χ0v) is 8.46. The topological polar surface area (TPSA) is 12.9 Å². The molecule has 0 aromatic carbocycles. The van der Waals surface area contributed by atoms with Crippen LogP contribution in [0.1, 0.15) is 0 Å². The maximum atomic E-state index is 4.14. The van der Waals surface area contributed by atoms with E-state index < -0.39 is 0 Å². The first-order valence-electron chi connectivity index (χ1n) is 3.21. The van der Waals surface area contributed by atoms with Crippen LogP contribution in [0.5, 0.6) is 0 Å². The lowest BCUT2D eigenvalue weighted by Crippen LogP contribution is -1.71. The van der Waals surface area contributed by atoms with Gasteiger partial charge in [-0.15, -0.1) is 11.3 Å². The molecular formula is C7H9NS3. The SMILES string of the molecule is SCC=CCSc1nccs1. The second-order valence-corrected chi connectivity index (χ2v) is 4.29. The molecule has 0 spiro atoms. The first kappa shape index (κ1) is 9.16. The molecule has 1 nitrogen and oxygen atoms in total. The highest BCUT2D eigenvalue weighted by Crippen LogP contribution is 2.19. The molecule has 1 heterocycles. The molecule has 0 bridgehead atoms. The van der Waals surface area contributed by atoms with Gasteiger partial charge in [0.15, 0.2) is 0 Å². The maximum absolute atomic E-state index is 4.14. The largest absolute Gasteiger partial charge is 0.238 e. The molecule has 60 valence electrons. The van der Waals surface area contributed by atoms with Crippen LogP contribution >= 0.6 is 35.7 Å². The third kappa shape index (κ3) is 3.84. The summed E-state index contributed by atoms with van der Waals surface area (Å²) in [6.45, 7) is 0. The molecule has 1 aromatic heterocycles. The van der Waals surface area contributed by atoms with E-state index in [2.05, 4.69) is 23.7 Å². The van der Waals surface area contributed by atoms with E-state index in [9.17, 15) is 0 Å². The molecule has 0 aliphatic heterocycles. The number of hydrogen-bond donors (Lipinski definition) is 1. The molecule has 0 atom stereocenters. The van der Waals surface area contributed by atoms with Crippen molar-refractivity contribution in [2.75, 3.05) is 11.5 Å². The highest BCUT2D eigenvalue weighted by Gasteiger charge is 1.91. The molecule has 0 saturated heterocycles. The van der Waals surface area contributed by atoms with Gasteiger partial charge in [0.05, 0.1) is 0 Å². The lowest BCUT2D eigenvalue weighted by atomic mass is 10.6. The number of hydrogen-bond acceptors (Lipinski definition) is 4. The van der Waals surface area contributed by atoms with Gasteiger partial charge in [0, 0.05) is 23.1 Å². The normalized spacial score (nSPS) is 11.0. The van der Waals surface area contributed by atoms with Crippen molar-refractivity contribution >= 4 is 35.7 Å². The predicted octanol–water partition coefficient (Wildman–Crippen LogP) is 2.72. The van der Waals surface area contributed by atoms with Gasteiger partial charge in [-0.25, -0.2) is 4.98 Å². The van der Waals surface area contributed by atoms with Gasteiger partial charge in [-0.05, 0) is 0 Å². The minimum atomic E-state index is 0.818. The molecule has 0 amide bonds. The van der Waals surface area contributed by atoms with Crippen LogP contribution in [-0.2, 0) is 0 Å². The second kappa shape index (κ2) is 5.69. The van der Waals surface area contributed by atoms with E-state index in [1.165, 1.54) is 0 Å². The first-order chi connectivity index (χ1) is 5.43. The van der Waals surface area contributed by atoms with Crippen molar-refractivity contribution in [3.8, 4) is 0 Å². The molecule has 0 aliphatic rings. The van der Waals surface area contributed by atoms with Crippen molar-refractivity contribution in [3.63, 3.8) is 0 Å². The van der Waals surface area contributed by atoms with Crippen LogP contribution in [0.15, 0.2) is 28.1 Å². The minimum Gasteiger partial charge on any atom is -0.238 e. The van der Waals surface area contributed by atoms with E-state index in [1.54, 1.807) is 23.1 Å². The Morgan fingerprint density at radius 2 is 2.55 bits per heavy atom. The smallest absolute Gasteiger partial charge is 0.150 e. The van der Waals surface area contributed by atoms with E-state index in [-0.39, 0.29) is 0 Å². The predicted molar refractivity (Wildman–Crippen MR) is 55.8 cm³/mol. The van der Waals surface area contributed by atoms with E-state index in [1.807, 2.05) is 17.7 Å². The fourth-order valence-corrected chi connectivity index (χ4v) is 2.21. The maximum Gasteiger partial charge on any atom is 0.150 e. The summed E-state index contributed by atoms with van der Waals surface area (Å²) in [6.07, 6.45) is 5.98. The number of thiazole rings is 1. The summed E-state index contributed by atoms with van der Waals surface area (Å²) < 4.78 is 1.13. The fourth-order valence-electron chi connectivity index (χ4n) is 0.544. The zero-order chi connectivity index (χ0) is 7.94. The van der Waals surface area contributed by atoms with E-state index >= 15 is 0 Å². The number of thiol groups is 1. The minimum absolute atomic E-state index is 0.818. The van der Waals surface area contributed by atoms with Gasteiger partial charge in [-0.1, -0.05) is 23.9 Å². The van der Waals surface area contributed by atoms with Crippen LogP contribution in [0.25, 0.3) is 0 Å². The average Bonchev–Trinajstić information content (AvgIpc) is 2.50. The van der Waals surface area contributed by atoms with Crippen molar-refractivity contribution in [2.24, 2.45) is 0 Å². The number of thioether (sulfide) groups is 1. The van der Waals surface area contributed by atoms with Crippen molar-refractivity contribution in [1.82, 2.24) is 4.98 Å². The monoisotopic (exact) mass is 203 g/mol. The van der Waals surface area contributed by atoms with Crippen LogP contribution in [0, 0.1) is 0 Å². The fraction of sp³-hybridized carbons (Fsp3) is 0.286. The summed E-state index contributed by atoms with van der Waals surface area (Å²) in [5.74, 6) is 1.81. The van der Waals surface area contributed by atoms with Crippen molar-refractivity contribution in [2.45, 2.75) is 4.34 Å². The Labute approximate surface area is 80.3 Å². The van der Waals surface area contributed by atoms with E-state index in [4.69, 9.17) is 0 Å². The summed E-state index contributed by atoms with van der Waals surface area (Å²) in [6, 6.07) is 0. The van der Waals surface area contributed by atoms with Crippen molar-refractivity contribution in [3.05, 3.63) is 23.7 Å². The highest BCUT2D eigenvalue weighted by atomic mass is 32.2. The van der Waals surface area contributed by atoms with Gasteiger partial charge in [0.2, 0.25) is 0 Å². The second-order valence-electron chi connectivity index (χ2n) is 1.76. The summed E-state index contributed by atoms with van der Waals surface area (Å²) in [7, 11) is 0. The van der Waals surface area contributed by atoms with Gasteiger partial charge in [-0.3, -0.25) is 0 Å². The molecule has 1 rings (SSSR count). The third-order valence-corrected chi connectivity index (χ3v) is 3.11. The number of aromatic nitrogens is 1. The van der Waals surface area contributed by atoms with Crippen molar-refractivity contribution < 1.29 is 0 Å². The molecular weight excluding hydrogens is 194 g/mol. The molecule has 0 aliphatic carbocycles. The molecule has 0 N–H and O–H groups in total. The van der Waals surface area contributed by atoms with E-state index in [0.717, 1.165) is 15.8 Å². The average molecular weight is 203 g/mol. The van der Waals surface area contributed by atoms with Crippen LogP contribution in [0.3, 0.4) is 0 Å². The Hall–Kier alpha value is 0.0700. The first-order valence-corrected chi connectivity index (χ1v) is 5.71. The summed E-state index contributed by atoms with van der Waals surface area (Å²) in [5.41, 5.74) is 0. The number of rotatable bonds is 4. The Morgan fingerprint density at radius 1 is 1.64 bits per heavy atom. The molecule has 11 heavy (non-hydrogen) atoms. The summed E-state index contributed by atoms with van der Waals surface area (Å²) in [5, 5.41) is 1.99. The molecule has 0 fully saturated rings. The van der Waals surface area contributed by atoms with Crippen LogP contribution in [0.2, 0.25) is 0 Å². The molecule has 0 radical (unpaired) electrons. The Bertz CT molecular complexity index is 205. The highest BCUT2D eigenvalue weighted by molar-refractivity contribution is 8.01. The van der Waals surface area contributed by atoms with Crippen LogP contribution in [-0.4, -0.2) is 16.5 Å². The Kier molecular flexibility index (Phi) is 4.74. The van der Waals surface area contributed by atoms with Gasteiger partial charge >= 0.3 is 0 Å². The van der Waals surface area contributed by atoms with Gasteiger partial charge in [0.1, 0.15) is 4.34 Å². The van der Waals surface area contributed by atoms with Crippen LogP contribution in [0.4, 0.5) is 0 Å². The molecule has 1 aromatic rings. The quantitative estimate of drug-likeness (QED) is 0.459. The summed E-state index contributed by atoms with van der Waals surface area (Å²) >= 11 is 7.49. The molecule has 0 saturated carbocycles. The Balaban J connectivity index is 2.19. The lowest BCUT2D eigenvalue weighted by Gasteiger charge is -1.88. The van der Waals surface area contributed by atoms with Crippen LogP contribution < -0.4 is 0 Å². The lowest BCUT2D eigenvalue weighted by molar-refractivity contribution is 1.25. The zero-order valence-electron chi connectivity index (χ0n) is 5.93.